The average molecular weight is 200 g/mol. The van der Waals surface area contributed by atoms with Crippen molar-refractivity contribution in [3.63, 3.8) is 0 Å². The van der Waals surface area contributed by atoms with E-state index in [-0.39, 0.29) is 5.78 Å². The predicted molar refractivity (Wildman–Crippen MR) is 62.5 cm³/mol. The van der Waals surface area contributed by atoms with Crippen LogP contribution in [0.1, 0.15) is 34.6 Å². The Morgan fingerprint density at radius 1 is 0.800 bits per heavy atom. The first kappa shape index (κ1) is 10.2. The van der Waals surface area contributed by atoms with E-state index in [1.165, 1.54) is 11.1 Å². The van der Waals surface area contributed by atoms with Gasteiger partial charge in [-0.05, 0) is 68.1 Å². The Bertz CT molecular complexity index is 493. The van der Waals surface area contributed by atoms with Gasteiger partial charge in [-0.1, -0.05) is 6.08 Å². The molecule has 0 amide bonds. The third-order valence-electron chi connectivity index (χ3n) is 3.69. The maximum Gasteiger partial charge on any atom is 0.189 e. The first-order valence-corrected chi connectivity index (χ1v) is 5.28. The number of rotatable bonds is 0. The van der Waals surface area contributed by atoms with E-state index < -0.39 is 0 Å². The Kier molecular flexibility index (Phi) is 2.07. The summed E-state index contributed by atoms with van der Waals surface area (Å²) in [5.41, 5.74) is 7.70. The van der Waals surface area contributed by atoms with Gasteiger partial charge in [0.15, 0.2) is 5.78 Å². The zero-order valence-electron chi connectivity index (χ0n) is 9.99. The highest BCUT2D eigenvalue weighted by Crippen LogP contribution is 2.41. The van der Waals surface area contributed by atoms with Crippen LogP contribution in [0.3, 0.4) is 0 Å². The first-order chi connectivity index (χ1) is 6.95. The highest BCUT2D eigenvalue weighted by molar-refractivity contribution is 6.15. The molecule has 0 bridgehead atoms. The number of carbonyl (C=O) groups excluding carboxylic acids is 1. The van der Waals surface area contributed by atoms with Crippen molar-refractivity contribution in [2.24, 2.45) is 0 Å². The van der Waals surface area contributed by atoms with Crippen LogP contribution in [0.4, 0.5) is 0 Å². The average Bonchev–Trinajstić information content (AvgIpc) is 2.40. The van der Waals surface area contributed by atoms with Crippen LogP contribution in [0.15, 0.2) is 45.1 Å². The Morgan fingerprint density at radius 3 is 2.00 bits per heavy atom. The van der Waals surface area contributed by atoms with Crippen molar-refractivity contribution in [3.8, 4) is 0 Å². The van der Waals surface area contributed by atoms with Crippen LogP contribution in [0.5, 0.6) is 0 Å². The van der Waals surface area contributed by atoms with Gasteiger partial charge in [-0.25, -0.2) is 0 Å². The van der Waals surface area contributed by atoms with Gasteiger partial charge in [0.2, 0.25) is 0 Å². The van der Waals surface area contributed by atoms with E-state index in [2.05, 4.69) is 19.9 Å². The van der Waals surface area contributed by atoms with Crippen LogP contribution in [-0.2, 0) is 4.79 Å². The summed E-state index contributed by atoms with van der Waals surface area (Å²) in [6, 6.07) is 0. The minimum absolute atomic E-state index is 0.207. The second-order valence-corrected chi connectivity index (χ2v) is 4.45. The Balaban J connectivity index is 2.72. The lowest BCUT2D eigenvalue weighted by molar-refractivity contribution is -0.112. The van der Waals surface area contributed by atoms with Gasteiger partial charge in [-0.15, -0.1) is 0 Å². The topological polar surface area (TPSA) is 17.1 Å². The smallest absolute Gasteiger partial charge is 0.189 e. The number of allylic oxidation sites excluding steroid dienone is 8. The molecular formula is C14H16O. The number of ketones is 1. The normalized spacial score (nSPS) is 21.4. The standard InChI is InChI=1S/C14H16O/c1-7-6-12-10(4)9(3)11(5)13(12)14(15)8(7)2/h6H,1-5H3. The summed E-state index contributed by atoms with van der Waals surface area (Å²) in [5.74, 6) is 0.207. The summed E-state index contributed by atoms with van der Waals surface area (Å²) in [7, 11) is 0. The largest absolute Gasteiger partial charge is 0.289 e. The molecule has 0 spiro atoms. The molecule has 0 atom stereocenters. The highest BCUT2D eigenvalue weighted by Gasteiger charge is 2.30. The first-order valence-electron chi connectivity index (χ1n) is 5.28. The molecule has 2 rings (SSSR count). The number of hydrogen-bond donors (Lipinski definition) is 0. The summed E-state index contributed by atoms with van der Waals surface area (Å²) < 4.78 is 0. The van der Waals surface area contributed by atoms with Crippen LogP contribution >= 0.6 is 0 Å². The van der Waals surface area contributed by atoms with Gasteiger partial charge in [-0.3, -0.25) is 4.79 Å². The van der Waals surface area contributed by atoms with Crippen molar-refractivity contribution in [1.82, 2.24) is 0 Å². The summed E-state index contributed by atoms with van der Waals surface area (Å²) in [5, 5.41) is 0. The van der Waals surface area contributed by atoms with Crippen LogP contribution in [0, 0.1) is 0 Å². The molecule has 0 aliphatic heterocycles. The van der Waals surface area contributed by atoms with E-state index in [9.17, 15) is 4.79 Å². The van der Waals surface area contributed by atoms with Gasteiger partial charge >= 0.3 is 0 Å². The zero-order valence-corrected chi connectivity index (χ0v) is 9.99. The van der Waals surface area contributed by atoms with Crippen LogP contribution < -0.4 is 0 Å². The van der Waals surface area contributed by atoms with Gasteiger partial charge < -0.3 is 0 Å². The molecule has 0 aromatic rings. The van der Waals surface area contributed by atoms with Gasteiger partial charge in [0.1, 0.15) is 0 Å². The monoisotopic (exact) mass is 200 g/mol. The number of carbonyl (C=O) groups is 1. The van der Waals surface area contributed by atoms with Crippen molar-refractivity contribution in [2.45, 2.75) is 34.6 Å². The SMILES string of the molecule is CC1=C(C)C(=O)C2=C(C)C(C)=C(C)C2=C1. The third-order valence-corrected chi connectivity index (χ3v) is 3.69. The minimum Gasteiger partial charge on any atom is -0.289 e. The molecule has 1 nitrogen and oxygen atoms in total. The van der Waals surface area contributed by atoms with E-state index in [1.54, 1.807) is 0 Å². The maximum atomic E-state index is 12.1. The number of Topliss-reactive ketones (excluding diaryl/α,β-unsaturated/α-hetero) is 1. The van der Waals surface area contributed by atoms with E-state index in [4.69, 9.17) is 0 Å². The van der Waals surface area contributed by atoms with Crippen molar-refractivity contribution < 1.29 is 4.79 Å². The minimum atomic E-state index is 0.207. The molecule has 0 aromatic carbocycles. The molecular weight excluding hydrogens is 184 g/mol. The van der Waals surface area contributed by atoms with Crippen LogP contribution in [0.2, 0.25) is 0 Å². The second kappa shape index (κ2) is 3.06. The summed E-state index contributed by atoms with van der Waals surface area (Å²) in [6.07, 6.45) is 2.14. The van der Waals surface area contributed by atoms with E-state index >= 15 is 0 Å². The Hall–Kier alpha value is -1.37. The molecule has 0 saturated heterocycles. The molecule has 0 radical (unpaired) electrons. The molecule has 0 fully saturated rings. The fourth-order valence-corrected chi connectivity index (χ4v) is 2.22. The maximum absolute atomic E-state index is 12.1. The van der Waals surface area contributed by atoms with E-state index in [1.807, 2.05) is 20.8 Å². The van der Waals surface area contributed by atoms with E-state index in [0.717, 1.165) is 27.9 Å². The fraction of sp³-hybridized carbons (Fsp3) is 0.357. The molecule has 0 heterocycles. The van der Waals surface area contributed by atoms with Gasteiger partial charge in [-0.2, -0.15) is 0 Å². The van der Waals surface area contributed by atoms with E-state index in [0.29, 0.717) is 0 Å². The van der Waals surface area contributed by atoms with Crippen LogP contribution in [-0.4, -0.2) is 5.78 Å². The van der Waals surface area contributed by atoms with Gasteiger partial charge in [0.05, 0.1) is 0 Å². The lowest BCUT2D eigenvalue weighted by Gasteiger charge is -2.15. The summed E-state index contributed by atoms with van der Waals surface area (Å²) in [6.45, 7) is 10.1. The molecule has 0 N–H and O–H groups in total. The number of hydrogen-bond acceptors (Lipinski definition) is 1. The Morgan fingerprint density at radius 2 is 1.40 bits per heavy atom. The molecule has 0 saturated carbocycles. The fourth-order valence-electron chi connectivity index (χ4n) is 2.22. The second-order valence-electron chi connectivity index (χ2n) is 4.45. The molecule has 15 heavy (non-hydrogen) atoms. The molecule has 0 aromatic heterocycles. The lowest BCUT2D eigenvalue weighted by atomic mass is 9.87. The molecule has 2 aliphatic carbocycles. The van der Waals surface area contributed by atoms with Crippen molar-refractivity contribution in [1.29, 1.82) is 0 Å². The van der Waals surface area contributed by atoms with Crippen molar-refractivity contribution >= 4 is 5.78 Å². The lowest BCUT2D eigenvalue weighted by Crippen LogP contribution is -2.12. The van der Waals surface area contributed by atoms with Crippen LogP contribution in [0.25, 0.3) is 0 Å². The summed E-state index contributed by atoms with van der Waals surface area (Å²) >= 11 is 0. The van der Waals surface area contributed by atoms with Crippen molar-refractivity contribution in [2.75, 3.05) is 0 Å². The van der Waals surface area contributed by atoms with Gasteiger partial charge in [0.25, 0.3) is 0 Å². The van der Waals surface area contributed by atoms with Gasteiger partial charge in [0, 0.05) is 5.57 Å². The Labute approximate surface area is 90.9 Å². The highest BCUT2D eigenvalue weighted by atomic mass is 16.1. The quantitative estimate of drug-likeness (QED) is 0.585. The molecule has 0 unspecified atom stereocenters. The predicted octanol–water partition coefficient (Wildman–Crippen LogP) is 3.50. The molecule has 1 heteroatoms. The number of fused-ring (bicyclic) bond motifs is 1. The zero-order chi connectivity index (χ0) is 11.3. The van der Waals surface area contributed by atoms with Crippen molar-refractivity contribution in [3.05, 3.63) is 45.1 Å². The summed E-state index contributed by atoms with van der Waals surface area (Å²) in [4.78, 5) is 12.1. The third kappa shape index (κ3) is 1.19. The molecule has 78 valence electrons. The molecule has 2 aliphatic rings.